The van der Waals surface area contributed by atoms with E-state index in [-0.39, 0.29) is 5.91 Å². The van der Waals surface area contributed by atoms with Gasteiger partial charge in [-0.15, -0.1) is 11.8 Å². The fourth-order valence-electron chi connectivity index (χ4n) is 2.14. The van der Waals surface area contributed by atoms with Crippen LogP contribution in [0.4, 0.5) is 0 Å². The van der Waals surface area contributed by atoms with Crippen LogP contribution in [0.15, 0.2) is 23.1 Å². The van der Waals surface area contributed by atoms with Gasteiger partial charge in [0.05, 0.1) is 10.6 Å². The van der Waals surface area contributed by atoms with Crippen molar-refractivity contribution in [3.05, 3.63) is 28.2 Å². The highest BCUT2D eigenvalue weighted by molar-refractivity contribution is 7.99. The van der Waals surface area contributed by atoms with Crippen LogP contribution in [0.5, 0.6) is 0 Å². The summed E-state index contributed by atoms with van der Waals surface area (Å²) in [7, 11) is 0. The van der Waals surface area contributed by atoms with Gasteiger partial charge in [-0.05, 0) is 56.6 Å². The Kier molecular flexibility index (Phi) is 5.83. The predicted molar refractivity (Wildman–Crippen MR) is 90.2 cm³/mol. The highest BCUT2D eigenvalue weighted by atomic mass is 35.5. The molecule has 1 atom stereocenters. The van der Waals surface area contributed by atoms with Crippen molar-refractivity contribution in [2.24, 2.45) is 5.73 Å². The van der Waals surface area contributed by atoms with Gasteiger partial charge >= 0.3 is 0 Å². The van der Waals surface area contributed by atoms with Crippen molar-refractivity contribution < 1.29 is 4.79 Å². The van der Waals surface area contributed by atoms with Crippen molar-refractivity contribution in [2.45, 2.75) is 49.1 Å². The predicted octanol–water partition coefficient (Wildman–Crippen LogP) is 3.86. The number of carbonyl (C=O) groups is 1. The topological polar surface area (TPSA) is 55.1 Å². The average molecular weight is 347 g/mol. The Morgan fingerprint density at radius 2 is 2.19 bits per heavy atom. The molecule has 116 valence electrons. The molecule has 1 saturated carbocycles. The summed E-state index contributed by atoms with van der Waals surface area (Å²) in [4.78, 5) is 12.6. The first-order valence-corrected chi connectivity index (χ1v) is 8.80. The summed E-state index contributed by atoms with van der Waals surface area (Å²) in [6.07, 6.45) is 3.88. The third-order valence-electron chi connectivity index (χ3n) is 3.62. The lowest BCUT2D eigenvalue weighted by atomic mass is 9.95. The standard InChI is InChI=1S/C15H20Cl2N2OS/c1-15(14(18)20,19-11-4-5-11)7-2-8-21-13-9-10(16)3-6-12(13)17/h3,6,9,11,19H,2,4-5,7-8H2,1H3,(H2,18,20). The number of thioether (sulfide) groups is 1. The monoisotopic (exact) mass is 346 g/mol. The largest absolute Gasteiger partial charge is 0.368 e. The summed E-state index contributed by atoms with van der Waals surface area (Å²) < 4.78 is 0. The smallest absolute Gasteiger partial charge is 0.237 e. The molecular formula is C15H20Cl2N2OS. The van der Waals surface area contributed by atoms with Crippen LogP contribution in [0.3, 0.4) is 0 Å². The van der Waals surface area contributed by atoms with Crippen LogP contribution in [0.2, 0.25) is 10.0 Å². The second-order valence-corrected chi connectivity index (χ2v) is 7.62. The zero-order chi connectivity index (χ0) is 15.5. The van der Waals surface area contributed by atoms with E-state index in [0.717, 1.165) is 36.3 Å². The molecule has 3 N–H and O–H groups in total. The third-order valence-corrected chi connectivity index (χ3v) is 5.43. The maximum Gasteiger partial charge on any atom is 0.237 e. The van der Waals surface area contributed by atoms with E-state index in [0.29, 0.717) is 16.1 Å². The molecule has 1 aromatic rings. The first-order chi connectivity index (χ1) is 9.90. The van der Waals surface area contributed by atoms with Gasteiger partial charge in [-0.1, -0.05) is 23.2 Å². The summed E-state index contributed by atoms with van der Waals surface area (Å²) >= 11 is 13.7. The number of benzene rings is 1. The van der Waals surface area contributed by atoms with Gasteiger partial charge in [-0.3, -0.25) is 4.79 Å². The minimum absolute atomic E-state index is 0.278. The molecule has 6 heteroatoms. The van der Waals surface area contributed by atoms with E-state index in [2.05, 4.69) is 5.32 Å². The number of nitrogens with two attached hydrogens (primary N) is 1. The molecule has 1 fully saturated rings. The Hall–Kier alpha value is -0.420. The molecule has 1 amide bonds. The van der Waals surface area contributed by atoms with E-state index >= 15 is 0 Å². The van der Waals surface area contributed by atoms with Crippen molar-refractivity contribution >= 4 is 40.9 Å². The Labute approximate surface area is 139 Å². The number of halogens is 2. The zero-order valence-electron chi connectivity index (χ0n) is 12.0. The van der Waals surface area contributed by atoms with Crippen molar-refractivity contribution in [1.82, 2.24) is 5.32 Å². The molecule has 0 aliphatic heterocycles. The Morgan fingerprint density at radius 3 is 2.81 bits per heavy atom. The van der Waals surface area contributed by atoms with Gasteiger partial charge in [0.15, 0.2) is 0 Å². The molecule has 0 aromatic heterocycles. The van der Waals surface area contributed by atoms with Crippen LogP contribution in [0.25, 0.3) is 0 Å². The van der Waals surface area contributed by atoms with Crippen molar-refractivity contribution in [3.63, 3.8) is 0 Å². The quantitative estimate of drug-likeness (QED) is 0.555. The van der Waals surface area contributed by atoms with E-state index in [4.69, 9.17) is 28.9 Å². The average Bonchev–Trinajstić information content (AvgIpc) is 3.22. The minimum atomic E-state index is -0.611. The Morgan fingerprint density at radius 1 is 1.48 bits per heavy atom. The molecule has 0 radical (unpaired) electrons. The van der Waals surface area contributed by atoms with Crippen molar-refractivity contribution in [3.8, 4) is 0 Å². The van der Waals surface area contributed by atoms with E-state index in [1.54, 1.807) is 23.9 Å². The van der Waals surface area contributed by atoms with Gasteiger partial charge in [0.25, 0.3) is 0 Å². The molecular weight excluding hydrogens is 327 g/mol. The Balaban J connectivity index is 1.82. The number of carbonyl (C=O) groups excluding carboxylic acids is 1. The molecule has 1 aliphatic carbocycles. The molecule has 21 heavy (non-hydrogen) atoms. The molecule has 0 bridgehead atoms. The first-order valence-electron chi connectivity index (χ1n) is 7.06. The first kappa shape index (κ1) is 16.9. The molecule has 0 spiro atoms. The number of nitrogens with one attached hydrogen (secondary N) is 1. The van der Waals surface area contributed by atoms with Gasteiger partial charge in [0.1, 0.15) is 0 Å². The van der Waals surface area contributed by atoms with E-state index in [1.165, 1.54) is 0 Å². The summed E-state index contributed by atoms with van der Waals surface area (Å²) in [6, 6.07) is 5.90. The summed E-state index contributed by atoms with van der Waals surface area (Å²) in [5, 5.41) is 4.74. The highest BCUT2D eigenvalue weighted by Gasteiger charge is 2.36. The lowest BCUT2D eigenvalue weighted by Gasteiger charge is -2.27. The molecule has 2 rings (SSSR count). The van der Waals surface area contributed by atoms with E-state index < -0.39 is 5.54 Å². The zero-order valence-corrected chi connectivity index (χ0v) is 14.3. The van der Waals surface area contributed by atoms with E-state index in [1.807, 2.05) is 13.0 Å². The maximum atomic E-state index is 11.7. The number of hydrogen-bond acceptors (Lipinski definition) is 3. The van der Waals surface area contributed by atoms with Crippen LogP contribution < -0.4 is 11.1 Å². The molecule has 3 nitrogen and oxygen atoms in total. The van der Waals surface area contributed by atoms with Gasteiger partial charge in [-0.2, -0.15) is 0 Å². The SMILES string of the molecule is CC(CCCSc1cc(Cl)ccc1Cl)(NC1CC1)C(N)=O. The van der Waals surface area contributed by atoms with Crippen molar-refractivity contribution in [2.75, 3.05) is 5.75 Å². The van der Waals surface area contributed by atoms with Crippen LogP contribution in [0, 0.1) is 0 Å². The summed E-state index contributed by atoms with van der Waals surface area (Å²) in [5.74, 6) is 0.593. The number of amides is 1. The van der Waals surface area contributed by atoms with Gasteiger partial charge in [0, 0.05) is 16.0 Å². The number of rotatable bonds is 8. The number of primary amides is 1. The fourth-order valence-corrected chi connectivity index (χ4v) is 3.58. The fraction of sp³-hybridized carbons (Fsp3) is 0.533. The highest BCUT2D eigenvalue weighted by Crippen LogP contribution is 2.31. The van der Waals surface area contributed by atoms with Crippen LogP contribution in [-0.2, 0) is 4.79 Å². The lowest BCUT2D eigenvalue weighted by molar-refractivity contribution is -0.124. The van der Waals surface area contributed by atoms with Gasteiger partial charge in [0.2, 0.25) is 5.91 Å². The van der Waals surface area contributed by atoms with Gasteiger partial charge in [-0.25, -0.2) is 0 Å². The second kappa shape index (κ2) is 7.23. The summed E-state index contributed by atoms with van der Waals surface area (Å²) in [5.41, 5.74) is 4.93. The summed E-state index contributed by atoms with van der Waals surface area (Å²) in [6.45, 7) is 1.89. The second-order valence-electron chi connectivity index (χ2n) is 5.64. The van der Waals surface area contributed by atoms with E-state index in [9.17, 15) is 4.79 Å². The minimum Gasteiger partial charge on any atom is -0.368 e. The third kappa shape index (κ3) is 5.06. The van der Waals surface area contributed by atoms with Crippen LogP contribution in [-0.4, -0.2) is 23.2 Å². The molecule has 1 aliphatic rings. The van der Waals surface area contributed by atoms with Crippen LogP contribution in [0.1, 0.15) is 32.6 Å². The Bertz CT molecular complexity index is 522. The van der Waals surface area contributed by atoms with Gasteiger partial charge < -0.3 is 11.1 Å². The normalized spacial score (nSPS) is 17.5. The lowest BCUT2D eigenvalue weighted by Crippen LogP contribution is -2.54. The molecule has 1 aromatic carbocycles. The molecule has 1 unspecified atom stereocenters. The molecule has 0 heterocycles. The number of hydrogen-bond donors (Lipinski definition) is 2. The van der Waals surface area contributed by atoms with Crippen LogP contribution >= 0.6 is 35.0 Å². The maximum absolute atomic E-state index is 11.7. The molecule has 0 saturated heterocycles. The van der Waals surface area contributed by atoms with Crippen molar-refractivity contribution in [1.29, 1.82) is 0 Å².